The number of fused-ring (bicyclic) bond motifs is 3. The molecule has 0 radical (unpaired) electrons. The second-order valence-corrected chi connectivity index (χ2v) is 9.41. The number of rotatable bonds is 5. The molecule has 166 valence electrons. The van der Waals surface area contributed by atoms with Gasteiger partial charge in [0, 0.05) is 12.2 Å². The predicted molar refractivity (Wildman–Crippen MR) is 126 cm³/mol. The molecule has 1 N–H and O–H groups in total. The Kier molecular flexibility index (Phi) is 5.42. The van der Waals surface area contributed by atoms with Gasteiger partial charge in [-0.15, -0.1) is 0 Å². The summed E-state index contributed by atoms with van der Waals surface area (Å²) >= 11 is 0. The van der Waals surface area contributed by atoms with E-state index in [1.165, 1.54) is 18.4 Å². The topological polar surface area (TPSA) is 55.8 Å². The van der Waals surface area contributed by atoms with Gasteiger partial charge in [-0.1, -0.05) is 37.6 Å². The van der Waals surface area contributed by atoms with Gasteiger partial charge in [0.05, 0.1) is 18.3 Å². The van der Waals surface area contributed by atoms with E-state index in [-0.39, 0.29) is 5.60 Å². The second kappa shape index (κ2) is 8.25. The van der Waals surface area contributed by atoms with Crippen LogP contribution in [0.3, 0.4) is 0 Å². The number of carboxylic acids is 1. The van der Waals surface area contributed by atoms with Crippen LogP contribution in [0, 0.1) is 11.8 Å². The molecule has 1 saturated carbocycles. The lowest BCUT2D eigenvalue weighted by molar-refractivity contribution is -0.143. The SMILES string of the molecule is CCC1CC2CCOC(c3cc(-c4ccc5cc(C(=O)O)ccc5c4)ccc3OC)(C1)C2. The van der Waals surface area contributed by atoms with Gasteiger partial charge < -0.3 is 14.6 Å². The molecule has 3 aromatic carbocycles. The summed E-state index contributed by atoms with van der Waals surface area (Å²) in [5.41, 5.74) is 3.44. The summed E-state index contributed by atoms with van der Waals surface area (Å²) in [6.07, 6.45) is 5.77. The van der Waals surface area contributed by atoms with Crippen LogP contribution in [0.4, 0.5) is 0 Å². The summed E-state index contributed by atoms with van der Waals surface area (Å²) in [4.78, 5) is 11.3. The number of methoxy groups -OCH3 is 1. The van der Waals surface area contributed by atoms with Crippen molar-refractivity contribution in [2.24, 2.45) is 11.8 Å². The van der Waals surface area contributed by atoms with Crippen molar-refractivity contribution in [1.29, 1.82) is 0 Å². The molecule has 0 amide bonds. The fourth-order valence-corrected chi connectivity index (χ4v) is 5.82. The molecule has 0 spiro atoms. The molecule has 5 rings (SSSR count). The Morgan fingerprint density at radius 2 is 1.81 bits per heavy atom. The number of carboxylic acid groups (broad SMARTS) is 1. The van der Waals surface area contributed by atoms with Gasteiger partial charge in [-0.2, -0.15) is 0 Å². The summed E-state index contributed by atoms with van der Waals surface area (Å²) in [7, 11) is 1.74. The van der Waals surface area contributed by atoms with E-state index in [4.69, 9.17) is 9.47 Å². The zero-order valence-electron chi connectivity index (χ0n) is 18.8. The van der Waals surface area contributed by atoms with Gasteiger partial charge in [-0.25, -0.2) is 4.79 Å². The Morgan fingerprint density at radius 3 is 2.59 bits per heavy atom. The summed E-state index contributed by atoms with van der Waals surface area (Å²) in [5.74, 6) is 1.41. The van der Waals surface area contributed by atoms with Gasteiger partial charge in [-0.3, -0.25) is 0 Å². The Morgan fingerprint density at radius 1 is 1.06 bits per heavy atom. The number of aromatic carboxylic acids is 1. The van der Waals surface area contributed by atoms with Crippen molar-refractivity contribution < 1.29 is 19.4 Å². The zero-order valence-corrected chi connectivity index (χ0v) is 18.8. The lowest BCUT2D eigenvalue weighted by Gasteiger charge is -2.48. The maximum atomic E-state index is 11.3. The highest BCUT2D eigenvalue weighted by atomic mass is 16.5. The van der Waals surface area contributed by atoms with Crippen molar-refractivity contribution >= 4 is 16.7 Å². The van der Waals surface area contributed by atoms with Gasteiger partial charge in [0.2, 0.25) is 0 Å². The Hall–Kier alpha value is -2.85. The van der Waals surface area contributed by atoms with E-state index in [0.29, 0.717) is 11.5 Å². The maximum absolute atomic E-state index is 11.3. The van der Waals surface area contributed by atoms with E-state index in [0.717, 1.165) is 59.4 Å². The molecule has 2 fully saturated rings. The number of hydrogen-bond donors (Lipinski definition) is 1. The minimum Gasteiger partial charge on any atom is -0.496 e. The molecule has 3 atom stereocenters. The smallest absolute Gasteiger partial charge is 0.335 e. The van der Waals surface area contributed by atoms with E-state index in [2.05, 4.69) is 37.3 Å². The molecular weight excluding hydrogens is 400 g/mol. The maximum Gasteiger partial charge on any atom is 0.335 e. The van der Waals surface area contributed by atoms with Crippen LogP contribution in [0.5, 0.6) is 5.75 Å². The minimum atomic E-state index is -0.904. The van der Waals surface area contributed by atoms with E-state index in [1.54, 1.807) is 19.2 Å². The third-order valence-corrected chi connectivity index (χ3v) is 7.50. The predicted octanol–water partition coefficient (Wildman–Crippen LogP) is 6.66. The van der Waals surface area contributed by atoms with Gasteiger partial charge in [-0.05, 0) is 89.8 Å². The largest absolute Gasteiger partial charge is 0.496 e. The normalized spacial score (nSPS) is 24.9. The van der Waals surface area contributed by atoms with Crippen LogP contribution in [-0.4, -0.2) is 24.8 Å². The molecule has 2 aliphatic rings. The van der Waals surface area contributed by atoms with Crippen molar-refractivity contribution in [3.63, 3.8) is 0 Å². The first-order valence-corrected chi connectivity index (χ1v) is 11.6. The van der Waals surface area contributed by atoms with E-state index < -0.39 is 5.97 Å². The van der Waals surface area contributed by atoms with E-state index in [1.807, 2.05) is 12.1 Å². The lowest BCUT2D eigenvalue weighted by Crippen LogP contribution is -2.43. The van der Waals surface area contributed by atoms with Crippen molar-refractivity contribution in [2.75, 3.05) is 13.7 Å². The van der Waals surface area contributed by atoms with Crippen LogP contribution in [0.1, 0.15) is 54.9 Å². The fourth-order valence-electron chi connectivity index (χ4n) is 5.82. The first-order valence-electron chi connectivity index (χ1n) is 11.6. The highest BCUT2D eigenvalue weighted by Gasteiger charge is 2.46. The van der Waals surface area contributed by atoms with Crippen molar-refractivity contribution in [2.45, 2.75) is 44.6 Å². The second-order valence-electron chi connectivity index (χ2n) is 9.41. The summed E-state index contributed by atoms with van der Waals surface area (Å²) in [5, 5.41) is 11.2. The zero-order chi connectivity index (χ0) is 22.3. The molecule has 4 heteroatoms. The number of hydrogen-bond acceptors (Lipinski definition) is 3. The highest BCUT2D eigenvalue weighted by Crippen LogP contribution is 2.52. The molecule has 2 bridgehead atoms. The molecule has 32 heavy (non-hydrogen) atoms. The quantitative estimate of drug-likeness (QED) is 0.492. The molecule has 1 saturated heterocycles. The average molecular weight is 431 g/mol. The molecule has 1 heterocycles. The Balaban J connectivity index is 1.57. The van der Waals surface area contributed by atoms with Crippen LogP contribution < -0.4 is 4.74 Å². The average Bonchev–Trinajstić information content (AvgIpc) is 2.82. The van der Waals surface area contributed by atoms with E-state index >= 15 is 0 Å². The van der Waals surface area contributed by atoms with Gasteiger partial charge in [0.15, 0.2) is 0 Å². The summed E-state index contributed by atoms with van der Waals surface area (Å²) < 4.78 is 12.4. The fraction of sp³-hybridized carbons (Fsp3) is 0.393. The van der Waals surface area contributed by atoms with Gasteiger partial charge in [0.1, 0.15) is 5.75 Å². The number of benzene rings is 3. The first-order chi connectivity index (χ1) is 15.5. The highest BCUT2D eigenvalue weighted by molar-refractivity contribution is 5.95. The van der Waals surface area contributed by atoms with Gasteiger partial charge in [0.25, 0.3) is 0 Å². The van der Waals surface area contributed by atoms with Crippen LogP contribution in [0.25, 0.3) is 21.9 Å². The summed E-state index contributed by atoms with van der Waals surface area (Å²) in [6, 6.07) is 17.9. The first kappa shape index (κ1) is 21.0. The molecule has 3 unspecified atom stereocenters. The number of carbonyl (C=O) groups is 1. The standard InChI is InChI=1S/C28H30O4/c1-3-18-12-19-10-11-32-28(16-18,17-19)25-15-23(8-9-26(25)31-2)21-4-5-22-14-24(27(29)30)7-6-20(22)13-21/h4-9,13-15,18-19H,3,10-12,16-17H2,1-2H3,(H,29,30). The van der Waals surface area contributed by atoms with Crippen LogP contribution in [0.15, 0.2) is 54.6 Å². The third kappa shape index (κ3) is 3.67. The molecule has 4 nitrogen and oxygen atoms in total. The Bertz CT molecular complexity index is 1170. The minimum absolute atomic E-state index is 0.267. The van der Waals surface area contributed by atoms with Crippen molar-refractivity contribution in [1.82, 2.24) is 0 Å². The number of ether oxygens (including phenoxy) is 2. The Labute approximate surface area is 189 Å². The monoisotopic (exact) mass is 430 g/mol. The van der Waals surface area contributed by atoms with Crippen molar-refractivity contribution in [3.05, 3.63) is 65.7 Å². The van der Waals surface area contributed by atoms with Gasteiger partial charge >= 0.3 is 5.97 Å². The lowest BCUT2D eigenvalue weighted by atomic mass is 9.66. The third-order valence-electron chi connectivity index (χ3n) is 7.50. The van der Waals surface area contributed by atoms with Crippen LogP contribution in [0.2, 0.25) is 0 Å². The van der Waals surface area contributed by atoms with E-state index in [9.17, 15) is 9.90 Å². The molecule has 1 aliphatic heterocycles. The summed E-state index contributed by atoms with van der Waals surface area (Å²) in [6.45, 7) is 3.11. The van der Waals surface area contributed by atoms with Crippen LogP contribution >= 0.6 is 0 Å². The molecular formula is C28H30O4. The van der Waals surface area contributed by atoms with Crippen LogP contribution in [-0.2, 0) is 10.3 Å². The molecule has 0 aromatic heterocycles. The van der Waals surface area contributed by atoms with Crippen molar-refractivity contribution in [3.8, 4) is 16.9 Å². The molecule has 1 aliphatic carbocycles. The molecule has 3 aromatic rings.